The fourth-order valence-corrected chi connectivity index (χ4v) is 1.54. The Morgan fingerprint density at radius 2 is 2.00 bits per heavy atom. The normalized spacial score (nSPS) is 13.8. The monoisotopic (exact) mass is 315 g/mol. The van der Waals surface area contributed by atoms with Crippen molar-refractivity contribution in [2.75, 3.05) is 18.1 Å². The summed E-state index contributed by atoms with van der Waals surface area (Å²) in [7, 11) is 0. The van der Waals surface area contributed by atoms with E-state index in [0.717, 1.165) is 5.75 Å². The molecule has 8 heteroatoms. The molecule has 5 N–H and O–H groups in total. The van der Waals surface area contributed by atoms with E-state index in [-0.39, 0.29) is 25.7 Å². The fourth-order valence-electron chi connectivity index (χ4n) is 0.632. The van der Waals surface area contributed by atoms with Crippen LogP contribution in [0.2, 0.25) is 0 Å². The standard InChI is InChI=1S/C8H17N3O2S.CH4.O.Zn/c1-6(9)11-3-4-14-5-8(2,10)7(12)13;;;/h3-5,10H2,1-2H3,(H2,9,11)(H,12,13);1H4;;/t8-;;;/m0.../s1. The summed E-state index contributed by atoms with van der Waals surface area (Å²) in [5.41, 5.74) is 9.69. The molecule has 0 aromatic carbocycles. The molecule has 0 aromatic heterocycles. The summed E-state index contributed by atoms with van der Waals surface area (Å²) in [6.45, 7) is 3.82. The van der Waals surface area contributed by atoms with Crippen LogP contribution in [0.15, 0.2) is 4.99 Å². The number of carboxylic acids is 1. The molecule has 0 amide bonds. The number of nitrogens with zero attached hydrogens (tertiary/aromatic N) is 1. The molecule has 0 aliphatic heterocycles. The van der Waals surface area contributed by atoms with Gasteiger partial charge in [-0.3, -0.25) is 9.79 Å². The van der Waals surface area contributed by atoms with Gasteiger partial charge in [0.05, 0.1) is 5.84 Å². The van der Waals surface area contributed by atoms with Crippen molar-refractivity contribution in [3.8, 4) is 0 Å². The van der Waals surface area contributed by atoms with Crippen molar-refractivity contribution < 1.29 is 31.7 Å². The van der Waals surface area contributed by atoms with Crippen molar-refractivity contribution in [1.82, 2.24) is 0 Å². The SMILES string of the molecule is C.CC(N)=NCCSC[C@](C)(N)C(=O)O.[O]=[Zn]. The summed E-state index contributed by atoms with van der Waals surface area (Å²) >= 11 is 1.59. The Balaban J connectivity index is -0.000000616. The third-order valence-corrected chi connectivity index (χ3v) is 2.76. The summed E-state index contributed by atoms with van der Waals surface area (Å²) in [5.74, 6) is 0.665. The van der Waals surface area contributed by atoms with Gasteiger partial charge in [0.15, 0.2) is 0 Å². The van der Waals surface area contributed by atoms with Crippen molar-refractivity contribution in [2.24, 2.45) is 16.5 Å². The summed E-state index contributed by atoms with van der Waals surface area (Å²) in [4.78, 5) is 14.6. The third kappa shape index (κ3) is 13.6. The maximum atomic E-state index is 10.6. The van der Waals surface area contributed by atoms with Crippen LogP contribution < -0.4 is 11.5 Å². The van der Waals surface area contributed by atoms with Crippen molar-refractivity contribution in [3.05, 3.63) is 0 Å². The van der Waals surface area contributed by atoms with Gasteiger partial charge in [-0.15, -0.1) is 0 Å². The molecule has 98 valence electrons. The number of carbonyl (C=O) groups is 1. The summed E-state index contributed by atoms with van der Waals surface area (Å²) in [6, 6.07) is 0. The first kappa shape index (κ1) is 21.9. The maximum absolute atomic E-state index is 10.6. The number of rotatable bonds is 6. The number of carboxylic acid groups (broad SMARTS) is 1. The Labute approximate surface area is 117 Å². The zero-order valence-corrected chi connectivity index (χ0v) is 13.4. The first-order valence-corrected chi connectivity index (χ1v) is 6.88. The van der Waals surface area contributed by atoms with E-state index in [9.17, 15) is 4.79 Å². The minimum atomic E-state index is -1.16. The zero-order valence-electron chi connectivity index (χ0n) is 9.60. The molecule has 0 saturated carbocycles. The van der Waals surface area contributed by atoms with E-state index < -0.39 is 11.5 Å². The molecular weight excluding hydrogens is 296 g/mol. The topological polar surface area (TPSA) is 119 Å². The van der Waals surface area contributed by atoms with Gasteiger partial charge in [0, 0.05) is 18.1 Å². The number of nitrogens with two attached hydrogens (primary N) is 2. The second-order valence-electron chi connectivity index (χ2n) is 3.30. The number of amidine groups is 1. The molecule has 6 nitrogen and oxygen atoms in total. The van der Waals surface area contributed by atoms with E-state index in [1.807, 2.05) is 0 Å². The number of aliphatic imine (C=N–C) groups is 1. The summed E-state index contributed by atoms with van der Waals surface area (Å²) in [6.07, 6.45) is 0. The van der Waals surface area contributed by atoms with E-state index in [0.29, 0.717) is 18.1 Å². The summed E-state index contributed by atoms with van der Waals surface area (Å²) < 4.78 is 8.38. The zero-order chi connectivity index (χ0) is 13.2. The predicted octanol–water partition coefficient (Wildman–Crippen LogP) is 0.414. The van der Waals surface area contributed by atoms with Gasteiger partial charge in [0.25, 0.3) is 0 Å². The molecule has 0 spiro atoms. The van der Waals surface area contributed by atoms with Crippen LogP contribution in [0.25, 0.3) is 0 Å². The third-order valence-electron chi connectivity index (χ3n) is 1.49. The van der Waals surface area contributed by atoms with Gasteiger partial charge >= 0.3 is 27.8 Å². The van der Waals surface area contributed by atoms with Crippen LogP contribution in [-0.2, 0) is 26.6 Å². The molecule has 0 aromatic rings. The van der Waals surface area contributed by atoms with E-state index in [1.165, 1.54) is 18.7 Å². The Hall–Kier alpha value is -0.327. The number of thioether (sulfide) groups is 1. The van der Waals surface area contributed by atoms with Crippen LogP contribution in [-0.4, -0.2) is 40.5 Å². The number of hydrogen-bond acceptors (Lipinski definition) is 5. The van der Waals surface area contributed by atoms with E-state index in [4.69, 9.17) is 20.1 Å². The second-order valence-corrected chi connectivity index (χ2v) is 4.40. The first-order valence-electron chi connectivity index (χ1n) is 4.51. The second kappa shape index (κ2) is 12.1. The fraction of sp³-hybridized carbons (Fsp3) is 0.778. The van der Waals surface area contributed by atoms with Gasteiger partial charge in [0.2, 0.25) is 0 Å². The van der Waals surface area contributed by atoms with Crippen molar-refractivity contribution in [2.45, 2.75) is 26.8 Å². The number of hydrogen-bond donors (Lipinski definition) is 3. The molecule has 0 unspecified atom stereocenters. The molecule has 0 aliphatic rings. The molecule has 0 heterocycles. The van der Waals surface area contributed by atoms with Crippen LogP contribution in [0.3, 0.4) is 0 Å². The molecule has 1 atom stereocenters. The molecule has 0 fully saturated rings. The van der Waals surface area contributed by atoms with Crippen molar-refractivity contribution in [1.29, 1.82) is 0 Å². The molecule has 0 aliphatic carbocycles. The molecule has 17 heavy (non-hydrogen) atoms. The summed E-state index contributed by atoms with van der Waals surface area (Å²) in [5, 5.41) is 8.70. The van der Waals surface area contributed by atoms with E-state index >= 15 is 0 Å². The van der Waals surface area contributed by atoms with Gasteiger partial charge in [-0.05, 0) is 13.8 Å². The van der Waals surface area contributed by atoms with Crippen LogP contribution in [0.5, 0.6) is 0 Å². The Morgan fingerprint density at radius 1 is 1.53 bits per heavy atom. The Morgan fingerprint density at radius 3 is 2.35 bits per heavy atom. The van der Waals surface area contributed by atoms with Gasteiger partial charge in [-0.2, -0.15) is 11.8 Å². The van der Waals surface area contributed by atoms with Crippen LogP contribution in [0.4, 0.5) is 0 Å². The molecule has 0 radical (unpaired) electrons. The minimum absolute atomic E-state index is 0. The van der Waals surface area contributed by atoms with Crippen molar-refractivity contribution in [3.63, 3.8) is 0 Å². The van der Waals surface area contributed by atoms with Crippen molar-refractivity contribution >= 4 is 23.6 Å². The van der Waals surface area contributed by atoms with Gasteiger partial charge in [0.1, 0.15) is 5.54 Å². The average Bonchev–Trinajstić information content (AvgIpc) is 2.19. The molecule has 0 bridgehead atoms. The molecule has 0 saturated heterocycles. The van der Waals surface area contributed by atoms with E-state index in [1.54, 1.807) is 6.92 Å². The first-order chi connectivity index (χ1) is 7.36. The van der Waals surface area contributed by atoms with Gasteiger partial charge in [-0.1, -0.05) is 7.43 Å². The molecule has 0 rings (SSSR count). The predicted molar refractivity (Wildman–Crippen MR) is 67.1 cm³/mol. The van der Waals surface area contributed by atoms with Crippen LogP contribution in [0.1, 0.15) is 21.3 Å². The van der Waals surface area contributed by atoms with Crippen LogP contribution in [0, 0.1) is 0 Å². The van der Waals surface area contributed by atoms with E-state index in [2.05, 4.69) is 4.99 Å². The molecular formula is C9H21N3O3SZn. The van der Waals surface area contributed by atoms with Crippen LogP contribution >= 0.6 is 11.8 Å². The Kier molecular flexibility index (Phi) is 15.6. The Bertz CT molecular complexity index is 246. The number of aliphatic carboxylic acids is 1. The quantitative estimate of drug-likeness (QED) is 0.283. The average molecular weight is 317 g/mol. The van der Waals surface area contributed by atoms with Gasteiger partial charge in [-0.25, -0.2) is 0 Å². The van der Waals surface area contributed by atoms with Gasteiger partial charge < -0.3 is 16.6 Å².